The van der Waals surface area contributed by atoms with Gasteiger partial charge in [-0.3, -0.25) is 0 Å². The lowest BCUT2D eigenvalue weighted by molar-refractivity contribution is 0.641. The van der Waals surface area contributed by atoms with Crippen LogP contribution in [0.5, 0.6) is 0 Å². The molecular weight excluding hydrogens is 304 g/mol. The summed E-state index contributed by atoms with van der Waals surface area (Å²) in [6, 6.07) is 7.76. The maximum atomic E-state index is 5.91. The molecule has 4 rings (SSSR count). The van der Waals surface area contributed by atoms with Crippen LogP contribution in [-0.4, -0.2) is 20.0 Å². The highest BCUT2D eigenvalue weighted by atomic mass is 35.5. The molecule has 0 radical (unpaired) electrons. The second kappa shape index (κ2) is 5.24. The molecule has 0 atom stereocenters. The molecule has 3 aromatic rings. The Morgan fingerprint density at radius 1 is 1.24 bits per heavy atom. The van der Waals surface area contributed by atoms with E-state index in [4.69, 9.17) is 11.6 Å². The fourth-order valence-electron chi connectivity index (χ4n) is 2.23. The number of halogens is 1. The van der Waals surface area contributed by atoms with E-state index in [1.807, 2.05) is 35.1 Å². The summed E-state index contributed by atoms with van der Waals surface area (Å²) in [6.45, 7) is 0.670. The molecule has 1 fully saturated rings. The molecule has 0 unspecified atom stereocenters. The molecule has 1 aliphatic carbocycles. The molecule has 0 spiro atoms. The van der Waals surface area contributed by atoms with Gasteiger partial charge in [-0.25, -0.2) is 9.67 Å². The normalized spacial score (nSPS) is 14.5. The van der Waals surface area contributed by atoms with Gasteiger partial charge in [0.1, 0.15) is 5.01 Å². The van der Waals surface area contributed by atoms with Gasteiger partial charge < -0.3 is 0 Å². The van der Waals surface area contributed by atoms with E-state index in [9.17, 15) is 0 Å². The third kappa shape index (κ3) is 2.84. The summed E-state index contributed by atoms with van der Waals surface area (Å²) < 4.78 is 1.87. The van der Waals surface area contributed by atoms with Crippen LogP contribution in [0.1, 0.15) is 30.1 Å². The Labute approximate surface area is 131 Å². The number of hydrogen-bond donors (Lipinski definition) is 0. The highest BCUT2D eigenvalue weighted by Gasteiger charge is 2.26. The van der Waals surface area contributed by atoms with Crippen LogP contribution in [0.4, 0.5) is 0 Å². The van der Waals surface area contributed by atoms with Gasteiger partial charge in [-0.15, -0.1) is 16.4 Å². The zero-order valence-corrected chi connectivity index (χ0v) is 12.8. The summed E-state index contributed by atoms with van der Waals surface area (Å²) >= 11 is 7.55. The van der Waals surface area contributed by atoms with Crippen LogP contribution in [0.25, 0.3) is 10.6 Å². The van der Waals surface area contributed by atoms with Crippen molar-refractivity contribution in [3.8, 4) is 10.6 Å². The molecular formula is C15H13ClN4S. The monoisotopic (exact) mass is 316 g/mol. The van der Waals surface area contributed by atoms with E-state index in [-0.39, 0.29) is 0 Å². The SMILES string of the molecule is Clc1ccc(-c2nc(Cn3cc(C4CC4)nn3)cs2)cc1. The van der Waals surface area contributed by atoms with Crippen molar-refractivity contribution in [2.24, 2.45) is 0 Å². The van der Waals surface area contributed by atoms with E-state index in [1.165, 1.54) is 12.8 Å². The molecule has 0 saturated heterocycles. The Hall–Kier alpha value is -1.72. The van der Waals surface area contributed by atoms with Crippen molar-refractivity contribution in [2.45, 2.75) is 25.3 Å². The van der Waals surface area contributed by atoms with Crippen molar-refractivity contribution in [3.05, 3.63) is 52.3 Å². The Kier molecular flexibility index (Phi) is 3.24. The first-order chi connectivity index (χ1) is 10.3. The number of aromatic nitrogens is 4. The molecule has 6 heteroatoms. The number of nitrogens with zero attached hydrogens (tertiary/aromatic N) is 4. The van der Waals surface area contributed by atoms with E-state index in [0.717, 1.165) is 27.0 Å². The van der Waals surface area contributed by atoms with E-state index >= 15 is 0 Å². The predicted octanol–water partition coefficient (Wildman–Crippen LogP) is 3.98. The van der Waals surface area contributed by atoms with Crippen LogP contribution >= 0.6 is 22.9 Å². The van der Waals surface area contributed by atoms with E-state index in [2.05, 4.69) is 20.7 Å². The molecule has 4 nitrogen and oxygen atoms in total. The highest BCUT2D eigenvalue weighted by molar-refractivity contribution is 7.13. The largest absolute Gasteiger partial charge is 0.246 e. The van der Waals surface area contributed by atoms with Crippen LogP contribution in [-0.2, 0) is 6.54 Å². The Bertz CT molecular complexity index is 758. The second-order valence-electron chi connectivity index (χ2n) is 5.27. The van der Waals surface area contributed by atoms with Crippen LogP contribution < -0.4 is 0 Å². The minimum Gasteiger partial charge on any atom is -0.246 e. The molecule has 2 heterocycles. The first-order valence-corrected chi connectivity index (χ1v) is 8.14. The molecule has 1 saturated carbocycles. The van der Waals surface area contributed by atoms with Crippen LogP contribution in [0.15, 0.2) is 35.8 Å². The third-order valence-corrected chi connectivity index (χ3v) is 4.71. The Morgan fingerprint density at radius 2 is 2.05 bits per heavy atom. The minimum atomic E-state index is 0.638. The number of thiazole rings is 1. The zero-order chi connectivity index (χ0) is 14.2. The standard InChI is InChI=1S/C15H13ClN4S/c16-12-5-3-11(4-6-12)15-17-13(9-21-15)7-20-8-14(18-19-20)10-1-2-10/h3-6,8-10H,1-2,7H2. The minimum absolute atomic E-state index is 0.638. The zero-order valence-electron chi connectivity index (χ0n) is 11.2. The average Bonchev–Trinajstić information content (AvgIpc) is 3.06. The third-order valence-electron chi connectivity index (χ3n) is 3.52. The van der Waals surface area contributed by atoms with Crippen molar-refractivity contribution in [3.63, 3.8) is 0 Å². The molecule has 106 valence electrons. The van der Waals surface area contributed by atoms with Gasteiger partial charge in [-0.05, 0) is 25.0 Å². The van der Waals surface area contributed by atoms with Crippen molar-refractivity contribution >= 4 is 22.9 Å². The number of hydrogen-bond acceptors (Lipinski definition) is 4. The Balaban J connectivity index is 1.52. The fourth-order valence-corrected chi connectivity index (χ4v) is 3.17. The van der Waals surface area contributed by atoms with Gasteiger partial charge in [0.05, 0.1) is 17.9 Å². The fraction of sp³-hybridized carbons (Fsp3) is 0.267. The lowest BCUT2D eigenvalue weighted by Gasteiger charge is -1.97. The maximum absolute atomic E-state index is 5.91. The van der Waals surface area contributed by atoms with Gasteiger partial charge in [-0.2, -0.15) is 0 Å². The smallest absolute Gasteiger partial charge is 0.123 e. The Morgan fingerprint density at radius 3 is 2.81 bits per heavy atom. The molecule has 0 bridgehead atoms. The lowest BCUT2D eigenvalue weighted by Crippen LogP contribution is -2.00. The van der Waals surface area contributed by atoms with Gasteiger partial charge in [0.15, 0.2) is 0 Å². The average molecular weight is 317 g/mol. The predicted molar refractivity (Wildman–Crippen MR) is 83.7 cm³/mol. The van der Waals surface area contributed by atoms with Crippen molar-refractivity contribution < 1.29 is 0 Å². The van der Waals surface area contributed by atoms with Crippen molar-refractivity contribution in [1.82, 2.24) is 20.0 Å². The van der Waals surface area contributed by atoms with Crippen molar-refractivity contribution in [1.29, 1.82) is 0 Å². The van der Waals surface area contributed by atoms with Crippen molar-refractivity contribution in [2.75, 3.05) is 0 Å². The second-order valence-corrected chi connectivity index (χ2v) is 6.56. The van der Waals surface area contributed by atoms with Gasteiger partial charge in [0, 0.05) is 28.1 Å². The van der Waals surface area contributed by atoms with E-state index in [1.54, 1.807) is 11.3 Å². The van der Waals surface area contributed by atoms with Crippen LogP contribution in [0.3, 0.4) is 0 Å². The summed E-state index contributed by atoms with van der Waals surface area (Å²) in [5.74, 6) is 0.638. The molecule has 0 N–H and O–H groups in total. The molecule has 2 aromatic heterocycles. The summed E-state index contributed by atoms with van der Waals surface area (Å²) in [5.41, 5.74) is 3.22. The number of rotatable bonds is 4. The van der Waals surface area contributed by atoms with Crippen LogP contribution in [0.2, 0.25) is 5.02 Å². The summed E-state index contributed by atoms with van der Waals surface area (Å²) in [6.07, 6.45) is 4.53. The summed E-state index contributed by atoms with van der Waals surface area (Å²) in [5, 5.41) is 12.2. The van der Waals surface area contributed by atoms with E-state index in [0.29, 0.717) is 12.5 Å². The molecule has 1 aromatic carbocycles. The molecule has 0 aliphatic heterocycles. The van der Waals surface area contributed by atoms with Gasteiger partial charge in [0.25, 0.3) is 0 Å². The molecule has 21 heavy (non-hydrogen) atoms. The van der Waals surface area contributed by atoms with Gasteiger partial charge in [0.2, 0.25) is 0 Å². The quantitative estimate of drug-likeness (QED) is 0.731. The first-order valence-electron chi connectivity index (χ1n) is 6.88. The summed E-state index contributed by atoms with van der Waals surface area (Å²) in [7, 11) is 0. The van der Waals surface area contributed by atoms with Crippen LogP contribution in [0, 0.1) is 0 Å². The first kappa shape index (κ1) is 13.0. The molecule has 0 amide bonds. The lowest BCUT2D eigenvalue weighted by atomic mass is 10.2. The van der Waals surface area contributed by atoms with E-state index < -0.39 is 0 Å². The maximum Gasteiger partial charge on any atom is 0.123 e. The highest BCUT2D eigenvalue weighted by Crippen LogP contribution is 2.38. The summed E-state index contributed by atoms with van der Waals surface area (Å²) in [4.78, 5) is 4.66. The van der Waals surface area contributed by atoms with Gasteiger partial charge >= 0.3 is 0 Å². The topological polar surface area (TPSA) is 43.6 Å². The number of benzene rings is 1. The molecule has 1 aliphatic rings. The van der Waals surface area contributed by atoms with Gasteiger partial charge in [-0.1, -0.05) is 28.9 Å².